The van der Waals surface area contributed by atoms with Crippen LogP contribution in [0.15, 0.2) is 42.5 Å². The minimum atomic E-state index is -0.0250. The molecule has 2 aromatic rings. The number of carbonyl (C=O) groups excluding carboxylic acids is 1. The highest BCUT2D eigenvalue weighted by molar-refractivity contribution is 7.34. The van der Waals surface area contributed by atoms with Gasteiger partial charge in [-0.1, -0.05) is 23.8 Å². The third-order valence-electron chi connectivity index (χ3n) is 2.86. The monoisotopic (exact) mass is 256 g/mol. The highest BCUT2D eigenvalue weighted by atomic mass is 31.1. The predicted molar refractivity (Wildman–Crippen MR) is 73.0 cm³/mol. The number of hydrogen-bond donors (Lipinski definition) is 0. The Morgan fingerprint density at radius 2 is 1.67 bits per heavy atom. The van der Waals surface area contributed by atoms with Crippen molar-refractivity contribution >= 4 is 19.5 Å². The molecule has 90 valence electrons. The first-order valence-corrected chi connectivity index (χ1v) is 6.48. The van der Waals surface area contributed by atoms with Crippen LogP contribution in [-0.4, -0.2) is 5.78 Å². The van der Waals surface area contributed by atoms with Gasteiger partial charge < -0.3 is 0 Å². The van der Waals surface area contributed by atoms with Crippen LogP contribution in [0.4, 0.5) is 0 Å². The van der Waals surface area contributed by atoms with Crippen molar-refractivity contribution in [3.8, 4) is 0 Å². The number of rotatable bonds is 3. The van der Waals surface area contributed by atoms with Gasteiger partial charge in [-0.05, 0) is 43.7 Å². The van der Waals surface area contributed by atoms with Gasteiger partial charge in [0.05, 0.1) is 0 Å². The maximum absolute atomic E-state index is 12.3. The largest absolute Gasteiger partial charge is 0.289 e. The Labute approximate surface area is 108 Å². The standard InChI is InChI=1S/C15H13O2P/c1-10-3-8-14(11(2)9-10)15(16)12-4-6-13(18-17)7-5-12/h3-9H,1-2H3. The lowest BCUT2D eigenvalue weighted by atomic mass is 9.98. The fraction of sp³-hybridized carbons (Fsp3) is 0.133. The first-order chi connectivity index (χ1) is 8.61. The molecule has 0 saturated heterocycles. The van der Waals surface area contributed by atoms with Gasteiger partial charge in [-0.15, -0.1) is 0 Å². The second-order valence-electron chi connectivity index (χ2n) is 4.29. The number of hydrogen-bond acceptors (Lipinski definition) is 2. The van der Waals surface area contributed by atoms with Crippen LogP contribution in [0.1, 0.15) is 27.0 Å². The normalized spacial score (nSPS) is 10.6. The minimum absolute atomic E-state index is 0.00150. The summed E-state index contributed by atoms with van der Waals surface area (Å²) in [5.41, 5.74) is 3.46. The van der Waals surface area contributed by atoms with E-state index in [-0.39, 0.29) is 14.2 Å². The van der Waals surface area contributed by atoms with E-state index in [1.54, 1.807) is 24.3 Å². The zero-order valence-electron chi connectivity index (χ0n) is 10.3. The minimum Gasteiger partial charge on any atom is -0.289 e. The average molecular weight is 256 g/mol. The number of aryl methyl sites for hydroxylation is 2. The zero-order chi connectivity index (χ0) is 13.1. The highest BCUT2D eigenvalue weighted by Gasteiger charge is 2.11. The van der Waals surface area contributed by atoms with Crippen molar-refractivity contribution in [2.24, 2.45) is 0 Å². The molecule has 0 heterocycles. The lowest BCUT2D eigenvalue weighted by molar-refractivity contribution is 0.103. The Hall–Kier alpha value is -1.79. The van der Waals surface area contributed by atoms with E-state index < -0.39 is 0 Å². The molecule has 0 N–H and O–H groups in total. The van der Waals surface area contributed by atoms with Crippen molar-refractivity contribution < 1.29 is 9.36 Å². The van der Waals surface area contributed by atoms with Gasteiger partial charge in [0.25, 0.3) is 0 Å². The Morgan fingerprint density at radius 3 is 2.22 bits per heavy atom. The van der Waals surface area contributed by atoms with E-state index >= 15 is 0 Å². The van der Waals surface area contributed by atoms with Crippen LogP contribution in [0, 0.1) is 13.8 Å². The van der Waals surface area contributed by atoms with Gasteiger partial charge in [0, 0.05) is 16.4 Å². The second-order valence-corrected chi connectivity index (χ2v) is 4.98. The van der Waals surface area contributed by atoms with E-state index in [0.717, 1.165) is 11.1 Å². The molecule has 0 radical (unpaired) electrons. The van der Waals surface area contributed by atoms with Crippen LogP contribution in [0.2, 0.25) is 0 Å². The molecule has 2 nitrogen and oxygen atoms in total. The molecular formula is C15H13O2P. The van der Waals surface area contributed by atoms with Gasteiger partial charge in [-0.2, -0.15) is 0 Å². The van der Waals surface area contributed by atoms with Crippen molar-refractivity contribution in [3.05, 3.63) is 64.7 Å². The van der Waals surface area contributed by atoms with E-state index in [0.29, 0.717) is 16.4 Å². The summed E-state index contributed by atoms with van der Waals surface area (Å²) < 4.78 is 10.7. The van der Waals surface area contributed by atoms with Crippen LogP contribution in [0.3, 0.4) is 0 Å². The molecule has 0 amide bonds. The molecular weight excluding hydrogens is 243 g/mol. The van der Waals surface area contributed by atoms with E-state index in [4.69, 9.17) is 0 Å². The molecule has 0 aromatic heterocycles. The predicted octanol–water partition coefficient (Wildman–Crippen LogP) is 3.45. The summed E-state index contributed by atoms with van der Waals surface area (Å²) in [5.74, 6) is 0.00150. The van der Waals surface area contributed by atoms with Gasteiger partial charge in [-0.3, -0.25) is 9.36 Å². The molecule has 3 heteroatoms. The van der Waals surface area contributed by atoms with Gasteiger partial charge in [0.2, 0.25) is 0 Å². The van der Waals surface area contributed by atoms with Crippen LogP contribution in [0.25, 0.3) is 0 Å². The first kappa shape index (κ1) is 12.7. The van der Waals surface area contributed by atoms with Crippen molar-refractivity contribution in [1.82, 2.24) is 0 Å². The van der Waals surface area contributed by atoms with Crippen LogP contribution >= 0.6 is 8.46 Å². The molecule has 0 aliphatic heterocycles. The summed E-state index contributed by atoms with van der Waals surface area (Å²) in [7, 11) is -0.0250. The fourth-order valence-corrected chi connectivity index (χ4v) is 2.17. The molecule has 0 spiro atoms. The summed E-state index contributed by atoms with van der Waals surface area (Å²) in [6.07, 6.45) is 0. The number of carbonyl (C=O) groups is 1. The number of ketones is 1. The summed E-state index contributed by atoms with van der Waals surface area (Å²) in [4.78, 5) is 12.3. The second kappa shape index (κ2) is 5.24. The summed E-state index contributed by atoms with van der Waals surface area (Å²) >= 11 is 0. The first-order valence-electron chi connectivity index (χ1n) is 5.67. The van der Waals surface area contributed by atoms with Gasteiger partial charge in [0.1, 0.15) is 0 Å². The molecule has 2 aromatic carbocycles. The lowest BCUT2D eigenvalue weighted by Gasteiger charge is -2.06. The van der Waals surface area contributed by atoms with Gasteiger partial charge >= 0.3 is 0 Å². The third-order valence-corrected chi connectivity index (χ3v) is 3.37. The van der Waals surface area contributed by atoms with Crippen molar-refractivity contribution in [2.75, 3.05) is 0 Å². The molecule has 0 fully saturated rings. The summed E-state index contributed by atoms with van der Waals surface area (Å²) in [6, 6.07) is 12.6. The van der Waals surface area contributed by atoms with E-state index in [9.17, 15) is 9.36 Å². The van der Waals surface area contributed by atoms with Crippen LogP contribution in [-0.2, 0) is 4.57 Å². The van der Waals surface area contributed by atoms with E-state index in [1.807, 2.05) is 32.0 Å². The highest BCUT2D eigenvalue weighted by Crippen LogP contribution is 2.15. The molecule has 2 rings (SSSR count). The Balaban J connectivity index is 2.38. The van der Waals surface area contributed by atoms with E-state index in [2.05, 4.69) is 0 Å². The molecule has 0 saturated carbocycles. The molecule has 0 bridgehead atoms. The number of benzene rings is 2. The maximum Gasteiger partial charge on any atom is 0.193 e. The van der Waals surface area contributed by atoms with Crippen LogP contribution in [0.5, 0.6) is 0 Å². The molecule has 0 atom stereocenters. The lowest BCUT2D eigenvalue weighted by Crippen LogP contribution is -2.05. The molecule has 0 aliphatic rings. The maximum atomic E-state index is 12.3. The average Bonchev–Trinajstić information content (AvgIpc) is 2.38. The summed E-state index contributed by atoms with van der Waals surface area (Å²) in [5, 5.41) is 0.673. The topological polar surface area (TPSA) is 34.1 Å². The van der Waals surface area contributed by atoms with Crippen LogP contribution < -0.4 is 5.30 Å². The SMILES string of the molecule is Cc1ccc(C(=O)c2ccc(P=O)cc2)c(C)c1. The Morgan fingerprint density at radius 1 is 1.00 bits per heavy atom. The van der Waals surface area contributed by atoms with Gasteiger partial charge in [-0.25, -0.2) is 0 Å². The molecule has 0 unspecified atom stereocenters. The smallest absolute Gasteiger partial charge is 0.193 e. The molecule has 18 heavy (non-hydrogen) atoms. The Bertz CT molecular complexity index is 600. The van der Waals surface area contributed by atoms with Crippen molar-refractivity contribution in [3.63, 3.8) is 0 Å². The molecule has 0 aliphatic carbocycles. The zero-order valence-corrected chi connectivity index (χ0v) is 11.2. The van der Waals surface area contributed by atoms with Crippen molar-refractivity contribution in [1.29, 1.82) is 0 Å². The van der Waals surface area contributed by atoms with E-state index in [1.165, 1.54) is 0 Å². The van der Waals surface area contributed by atoms with Crippen molar-refractivity contribution in [2.45, 2.75) is 13.8 Å². The fourth-order valence-electron chi connectivity index (χ4n) is 1.90. The summed E-state index contributed by atoms with van der Waals surface area (Å²) in [6.45, 7) is 3.94. The Kier molecular flexibility index (Phi) is 3.69. The third kappa shape index (κ3) is 2.55. The van der Waals surface area contributed by atoms with Gasteiger partial charge in [0.15, 0.2) is 14.2 Å². The quantitative estimate of drug-likeness (QED) is 0.622.